The van der Waals surface area contributed by atoms with Crippen molar-refractivity contribution < 1.29 is 13.5 Å². The molecule has 0 aliphatic rings. The predicted octanol–water partition coefficient (Wildman–Crippen LogP) is 5.04. The number of ether oxygens (including phenoxy) is 1. The zero-order valence-electron chi connectivity index (χ0n) is 10.2. The maximum absolute atomic E-state index is 13.7. The highest BCUT2D eigenvalue weighted by molar-refractivity contribution is 5.51. The summed E-state index contributed by atoms with van der Waals surface area (Å²) in [6.07, 6.45) is 3.04. The molecule has 0 bridgehead atoms. The molecule has 0 saturated heterocycles. The van der Waals surface area contributed by atoms with Gasteiger partial charge >= 0.3 is 0 Å². The van der Waals surface area contributed by atoms with E-state index in [0.29, 0.717) is 11.1 Å². The van der Waals surface area contributed by atoms with E-state index in [1.165, 1.54) is 36.4 Å². The molecule has 2 rings (SSSR count). The summed E-state index contributed by atoms with van der Waals surface area (Å²) < 4.78 is 32.6. The second-order valence-corrected chi connectivity index (χ2v) is 3.89. The lowest BCUT2D eigenvalue weighted by Crippen LogP contribution is -1.92. The van der Waals surface area contributed by atoms with E-state index in [2.05, 4.69) is 13.2 Å². The normalized spacial score (nSPS) is 10.0. The molecule has 19 heavy (non-hydrogen) atoms. The Bertz CT molecular complexity index is 577. The monoisotopic (exact) mass is 258 g/mol. The molecule has 0 atom stereocenters. The van der Waals surface area contributed by atoms with E-state index in [9.17, 15) is 8.78 Å². The van der Waals surface area contributed by atoms with E-state index in [4.69, 9.17) is 4.74 Å². The third-order valence-electron chi connectivity index (χ3n) is 2.60. The van der Waals surface area contributed by atoms with Crippen LogP contribution in [0.3, 0.4) is 0 Å². The van der Waals surface area contributed by atoms with Crippen molar-refractivity contribution in [3.05, 3.63) is 72.3 Å². The quantitative estimate of drug-likeness (QED) is 0.746. The van der Waals surface area contributed by atoms with Crippen molar-refractivity contribution in [3.8, 4) is 11.5 Å². The molecule has 0 saturated carbocycles. The van der Waals surface area contributed by atoms with Gasteiger partial charge in [0, 0.05) is 0 Å². The first-order valence-corrected chi connectivity index (χ1v) is 5.66. The number of benzene rings is 2. The summed E-state index contributed by atoms with van der Waals surface area (Å²) in [6.45, 7) is 7.08. The van der Waals surface area contributed by atoms with E-state index < -0.39 is 11.6 Å². The van der Waals surface area contributed by atoms with Gasteiger partial charge in [0.2, 0.25) is 0 Å². The van der Waals surface area contributed by atoms with Crippen molar-refractivity contribution in [1.29, 1.82) is 0 Å². The van der Waals surface area contributed by atoms with Gasteiger partial charge in [-0.1, -0.05) is 37.4 Å². The molecule has 1 nitrogen and oxygen atoms in total. The molecule has 0 aliphatic heterocycles. The summed E-state index contributed by atoms with van der Waals surface area (Å²) in [5.41, 5.74) is 1.26. The Morgan fingerprint density at radius 2 is 1.21 bits per heavy atom. The summed E-state index contributed by atoms with van der Waals surface area (Å²) in [7, 11) is 0. The van der Waals surface area contributed by atoms with Crippen LogP contribution in [0.4, 0.5) is 8.78 Å². The first kappa shape index (κ1) is 13.0. The Kier molecular flexibility index (Phi) is 3.76. The van der Waals surface area contributed by atoms with Gasteiger partial charge in [-0.2, -0.15) is 0 Å². The van der Waals surface area contributed by atoms with Gasteiger partial charge in [0.15, 0.2) is 23.1 Å². The van der Waals surface area contributed by atoms with Crippen LogP contribution in [0.1, 0.15) is 11.1 Å². The van der Waals surface area contributed by atoms with Gasteiger partial charge in [0.25, 0.3) is 0 Å². The Morgan fingerprint density at radius 3 is 1.53 bits per heavy atom. The Labute approximate surface area is 110 Å². The fraction of sp³-hybridized carbons (Fsp3) is 0. The van der Waals surface area contributed by atoms with E-state index in [-0.39, 0.29) is 11.5 Å². The summed E-state index contributed by atoms with van der Waals surface area (Å²) in [5.74, 6) is -1.19. The van der Waals surface area contributed by atoms with Crippen LogP contribution in [0.15, 0.2) is 49.6 Å². The number of rotatable bonds is 4. The van der Waals surface area contributed by atoms with Crippen LogP contribution < -0.4 is 4.74 Å². The molecule has 0 radical (unpaired) electrons. The highest BCUT2D eigenvalue weighted by atomic mass is 19.1. The third-order valence-corrected chi connectivity index (χ3v) is 2.60. The average Bonchev–Trinajstić information content (AvgIpc) is 2.42. The van der Waals surface area contributed by atoms with Gasteiger partial charge in [-0.05, 0) is 35.4 Å². The van der Waals surface area contributed by atoms with Crippen LogP contribution in [0, 0.1) is 11.6 Å². The van der Waals surface area contributed by atoms with Crippen molar-refractivity contribution in [2.45, 2.75) is 0 Å². The van der Waals surface area contributed by atoms with Gasteiger partial charge in [-0.15, -0.1) is 0 Å². The SMILES string of the molecule is C=Cc1ccc(Oc2ccc(C=C)cc2F)c(F)c1. The van der Waals surface area contributed by atoms with Gasteiger partial charge in [-0.3, -0.25) is 0 Å². The molecule has 0 N–H and O–H groups in total. The van der Waals surface area contributed by atoms with Crippen LogP contribution in [0.25, 0.3) is 12.2 Å². The second kappa shape index (κ2) is 5.48. The fourth-order valence-electron chi connectivity index (χ4n) is 1.57. The van der Waals surface area contributed by atoms with Crippen LogP contribution in [0.2, 0.25) is 0 Å². The van der Waals surface area contributed by atoms with E-state index in [0.717, 1.165) is 0 Å². The molecule has 0 aromatic heterocycles. The lowest BCUT2D eigenvalue weighted by atomic mass is 10.2. The molecule has 3 heteroatoms. The highest BCUT2D eigenvalue weighted by Gasteiger charge is 2.09. The first-order chi connectivity index (χ1) is 9.13. The highest BCUT2D eigenvalue weighted by Crippen LogP contribution is 2.28. The lowest BCUT2D eigenvalue weighted by Gasteiger charge is -2.08. The van der Waals surface area contributed by atoms with Crippen LogP contribution in [-0.2, 0) is 0 Å². The topological polar surface area (TPSA) is 9.23 Å². The molecule has 0 heterocycles. The molecule has 0 fully saturated rings. The average molecular weight is 258 g/mol. The number of halogens is 2. The zero-order chi connectivity index (χ0) is 13.8. The maximum atomic E-state index is 13.7. The van der Waals surface area contributed by atoms with Crippen molar-refractivity contribution >= 4 is 12.2 Å². The predicted molar refractivity (Wildman–Crippen MR) is 73.1 cm³/mol. The molecule has 0 amide bonds. The zero-order valence-corrected chi connectivity index (χ0v) is 10.2. The summed E-state index contributed by atoms with van der Waals surface area (Å²) in [6, 6.07) is 8.71. The Balaban J connectivity index is 2.30. The maximum Gasteiger partial charge on any atom is 0.166 e. The molecular formula is C16H12F2O. The second-order valence-electron chi connectivity index (χ2n) is 3.89. The summed E-state index contributed by atoms with van der Waals surface area (Å²) in [4.78, 5) is 0. The summed E-state index contributed by atoms with van der Waals surface area (Å²) in [5, 5.41) is 0. The molecule has 2 aromatic rings. The Morgan fingerprint density at radius 1 is 0.789 bits per heavy atom. The minimum Gasteiger partial charge on any atom is -0.451 e. The first-order valence-electron chi connectivity index (χ1n) is 5.66. The molecule has 0 aliphatic carbocycles. The summed E-state index contributed by atoms with van der Waals surface area (Å²) >= 11 is 0. The van der Waals surface area contributed by atoms with E-state index >= 15 is 0 Å². The molecule has 2 aromatic carbocycles. The minimum absolute atomic E-state index is 0.0316. The van der Waals surface area contributed by atoms with Gasteiger partial charge in [-0.25, -0.2) is 8.78 Å². The van der Waals surface area contributed by atoms with E-state index in [1.807, 2.05) is 0 Å². The fourth-order valence-corrected chi connectivity index (χ4v) is 1.57. The van der Waals surface area contributed by atoms with Crippen molar-refractivity contribution in [2.24, 2.45) is 0 Å². The molecule has 96 valence electrons. The minimum atomic E-state index is -0.565. The Hall–Kier alpha value is -2.42. The van der Waals surface area contributed by atoms with Crippen molar-refractivity contribution in [1.82, 2.24) is 0 Å². The molecule has 0 spiro atoms. The number of hydrogen-bond donors (Lipinski definition) is 0. The van der Waals surface area contributed by atoms with Crippen LogP contribution >= 0.6 is 0 Å². The van der Waals surface area contributed by atoms with Crippen molar-refractivity contribution in [3.63, 3.8) is 0 Å². The van der Waals surface area contributed by atoms with Gasteiger partial charge in [0.1, 0.15) is 0 Å². The number of hydrogen-bond acceptors (Lipinski definition) is 1. The van der Waals surface area contributed by atoms with Crippen LogP contribution in [0.5, 0.6) is 11.5 Å². The third kappa shape index (κ3) is 2.88. The molecule has 0 unspecified atom stereocenters. The van der Waals surface area contributed by atoms with Gasteiger partial charge < -0.3 is 4.74 Å². The standard InChI is InChI=1S/C16H12F2O/c1-3-11-5-7-15(13(17)9-11)19-16-8-6-12(4-2)10-14(16)18/h3-10H,1-2H2. The van der Waals surface area contributed by atoms with Gasteiger partial charge in [0.05, 0.1) is 0 Å². The largest absolute Gasteiger partial charge is 0.451 e. The molecular weight excluding hydrogens is 246 g/mol. The smallest absolute Gasteiger partial charge is 0.166 e. The van der Waals surface area contributed by atoms with E-state index in [1.54, 1.807) is 12.1 Å². The van der Waals surface area contributed by atoms with Crippen LogP contribution in [-0.4, -0.2) is 0 Å². The lowest BCUT2D eigenvalue weighted by molar-refractivity contribution is 0.414. The van der Waals surface area contributed by atoms with Crippen molar-refractivity contribution in [2.75, 3.05) is 0 Å².